The predicted molar refractivity (Wildman–Crippen MR) is 228 cm³/mol. The van der Waals surface area contributed by atoms with E-state index in [0.29, 0.717) is 0 Å². The lowest BCUT2D eigenvalue weighted by atomic mass is 9.82. The Labute approximate surface area is 316 Å². The Morgan fingerprint density at radius 2 is 0.944 bits per heavy atom. The highest BCUT2D eigenvalue weighted by Gasteiger charge is 2.38. The topological polar surface area (TPSA) is 8.17 Å². The number of benzene rings is 8. The molecule has 8 aromatic carbocycles. The first-order valence-electron chi connectivity index (χ1n) is 19.1. The molecule has 1 aromatic heterocycles. The summed E-state index contributed by atoms with van der Waals surface area (Å²) in [6, 6.07) is 63.2. The molecule has 1 heterocycles. The van der Waals surface area contributed by atoms with Crippen molar-refractivity contribution in [2.75, 3.05) is 4.90 Å². The van der Waals surface area contributed by atoms with E-state index in [2.05, 4.69) is 207 Å². The normalized spacial score (nSPS) is 14.6. The van der Waals surface area contributed by atoms with Gasteiger partial charge in [0.25, 0.3) is 0 Å². The van der Waals surface area contributed by atoms with E-state index in [-0.39, 0.29) is 10.8 Å². The molecule has 0 amide bonds. The average Bonchev–Trinajstić information content (AvgIpc) is 3.75. The summed E-state index contributed by atoms with van der Waals surface area (Å²) in [5.74, 6) is 0. The van der Waals surface area contributed by atoms with Crippen LogP contribution in [0.5, 0.6) is 0 Å². The third-order valence-corrected chi connectivity index (χ3v) is 12.6. The SMILES string of the molecule is CC1(C)c2ccccc2-c2ccc(N(c3ccccc3)c3ccc4c(c3)C(C)(C)c3cc(-n5c6ccccc6c6ccc7ccccc7c65)ccc3-4)cc21. The van der Waals surface area contributed by atoms with Crippen molar-refractivity contribution in [1.82, 2.24) is 4.57 Å². The molecule has 258 valence electrons. The number of nitrogens with zero attached hydrogens (tertiary/aromatic N) is 2. The Hall–Kier alpha value is -6.38. The van der Waals surface area contributed by atoms with E-state index in [0.717, 1.165) is 5.69 Å². The fraction of sp³-hybridized carbons (Fsp3) is 0.115. The smallest absolute Gasteiger partial charge is 0.0619 e. The monoisotopic (exact) mass is 692 g/mol. The molecule has 0 fully saturated rings. The lowest BCUT2D eigenvalue weighted by molar-refractivity contribution is 0.659. The Balaban J connectivity index is 1.06. The first kappa shape index (κ1) is 31.2. The minimum atomic E-state index is -0.207. The molecule has 2 aliphatic rings. The van der Waals surface area contributed by atoms with Gasteiger partial charge in [-0.2, -0.15) is 0 Å². The standard InChI is InChI=1S/C52H40N2/c1-51(2)45-20-12-10-18-39(45)40-27-23-35(30-46(40)51)53(34-15-6-5-7-16-34)36-24-28-41-42-29-25-37(32-48(42)52(3,4)47(41)31-36)54-49-21-13-11-19-43(49)44-26-22-33-14-8-9-17-38(33)50(44)54/h5-32H,1-4H3. The molecule has 9 aromatic rings. The first-order valence-corrected chi connectivity index (χ1v) is 19.1. The lowest BCUT2D eigenvalue weighted by Gasteiger charge is -2.29. The maximum Gasteiger partial charge on any atom is 0.0619 e. The van der Waals surface area contributed by atoms with Gasteiger partial charge in [0.15, 0.2) is 0 Å². The minimum absolute atomic E-state index is 0.0772. The van der Waals surface area contributed by atoms with Crippen LogP contribution in [0.4, 0.5) is 17.1 Å². The highest BCUT2D eigenvalue weighted by molar-refractivity contribution is 6.18. The first-order chi connectivity index (χ1) is 26.3. The van der Waals surface area contributed by atoms with Gasteiger partial charge in [0.05, 0.1) is 11.0 Å². The number of anilines is 3. The average molecular weight is 693 g/mol. The van der Waals surface area contributed by atoms with Crippen molar-refractivity contribution < 1.29 is 0 Å². The minimum Gasteiger partial charge on any atom is -0.310 e. The maximum atomic E-state index is 2.49. The van der Waals surface area contributed by atoms with Crippen molar-refractivity contribution in [2.45, 2.75) is 38.5 Å². The van der Waals surface area contributed by atoms with Gasteiger partial charge >= 0.3 is 0 Å². The van der Waals surface area contributed by atoms with Gasteiger partial charge in [-0.3, -0.25) is 0 Å². The molecule has 2 nitrogen and oxygen atoms in total. The van der Waals surface area contributed by atoms with Crippen LogP contribution in [0.1, 0.15) is 49.9 Å². The van der Waals surface area contributed by atoms with E-state index in [1.54, 1.807) is 0 Å². The van der Waals surface area contributed by atoms with E-state index in [4.69, 9.17) is 0 Å². The van der Waals surface area contributed by atoms with Gasteiger partial charge in [-0.25, -0.2) is 0 Å². The van der Waals surface area contributed by atoms with Gasteiger partial charge in [0.2, 0.25) is 0 Å². The van der Waals surface area contributed by atoms with Crippen molar-refractivity contribution in [2.24, 2.45) is 0 Å². The molecular weight excluding hydrogens is 653 g/mol. The number of aromatic nitrogens is 1. The lowest BCUT2D eigenvalue weighted by Crippen LogP contribution is -2.18. The Morgan fingerprint density at radius 1 is 0.389 bits per heavy atom. The number of para-hydroxylation sites is 2. The van der Waals surface area contributed by atoms with Crippen molar-refractivity contribution in [3.63, 3.8) is 0 Å². The van der Waals surface area contributed by atoms with Crippen molar-refractivity contribution in [3.8, 4) is 27.9 Å². The second-order valence-electron chi connectivity index (χ2n) is 16.2. The number of rotatable bonds is 4. The molecular formula is C52H40N2. The molecule has 0 saturated carbocycles. The van der Waals surface area contributed by atoms with Crippen molar-refractivity contribution in [1.29, 1.82) is 0 Å². The van der Waals surface area contributed by atoms with Gasteiger partial charge in [-0.05, 0) is 104 Å². The summed E-state index contributed by atoms with van der Waals surface area (Å²) in [7, 11) is 0. The van der Waals surface area contributed by atoms with Crippen LogP contribution in [-0.4, -0.2) is 4.57 Å². The maximum absolute atomic E-state index is 2.49. The molecule has 0 atom stereocenters. The largest absolute Gasteiger partial charge is 0.310 e. The highest BCUT2D eigenvalue weighted by atomic mass is 15.1. The van der Waals surface area contributed by atoms with Gasteiger partial charge in [-0.1, -0.05) is 143 Å². The quantitative estimate of drug-likeness (QED) is 0.178. The second-order valence-corrected chi connectivity index (χ2v) is 16.2. The zero-order valence-corrected chi connectivity index (χ0v) is 31.1. The molecule has 0 spiro atoms. The van der Waals surface area contributed by atoms with Crippen LogP contribution >= 0.6 is 0 Å². The molecule has 0 N–H and O–H groups in total. The van der Waals surface area contributed by atoms with Crippen molar-refractivity contribution >= 4 is 49.6 Å². The molecule has 11 rings (SSSR count). The van der Waals surface area contributed by atoms with E-state index in [1.807, 2.05) is 0 Å². The second kappa shape index (κ2) is 11.1. The molecule has 2 heteroatoms. The molecule has 0 aliphatic heterocycles. The van der Waals surface area contributed by atoms with Crippen LogP contribution in [0.25, 0.3) is 60.5 Å². The van der Waals surface area contributed by atoms with Crippen LogP contribution in [-0.2, 0) is 10.8 Å². The van der Waals surface area contributed by atoms with Crippen LogP contribution < -0.4 is 4.90 Å². The van der Waals surface area contributed by atoms with E-state index in [9.17, 15) is 0 Å². The molecule has 0 saturated heterocycles. The molecule has 0 bridgehead atoms. The third-order valence-electron chi connectivity index (χ3n) is 12.6. The fourth-order valence-electron chi connectivity index (χ4n) is 9.85. The summed E-state index contributed by atoms with van der Waals surface area (Å²) in [5.41, 5.74) is 17.7. The Bertz CT molecular complexity index is 3000. The predicted octanol–water partition coefficient (Wildman–Crippen LogP) is 14.0. The van der Waals surface area contributed by atoms with Gasteiger partial charge in [0.1, 0.15) is 0 Å². The summed E-state index contributed by atoms with van der Waals surface area (Å²) < 4.78 is 2.49. The van der Waals surface area contributed by atoms with E-state index >= 15 is 0 Å². The van der Waals surface area contributed by atoms with Crippen LogP contribution in [0, 0.1) is 0 Å². The Kier molecular flexibility index (Phi) is 6.39. The summed E-state index contributed by atoms with van der Waals surface area (Å²) >= 11 is 0. The number of hydrogen-bond acceptors (Lipinski definition) is 1. The molecule has 0 radical (unpaired) electrons. The summed E-state index contributed by atoms with van der Waals surface area (Å²) in [4.78, 5) is 2.44. The number of fused-ring (bicyclic) bond motifs is 11. The Morgan fingerprint density at radius 3 is 1.69 bits per heavy atom. The van der Waals surface area contributed by atoms with Gasteiger partial charge in [0, 0.05) is 49.7 Å². The van der Waals surface area contributed by atoms with Crippen LogP contribution in [0.3, 0.4) is 0 Å². The van der Waals surface area contributed by atoms with Gasteiger partial charge < -0.3 is 9.47 Å². The zero-order valence-electron chi connectivity index (χ0n) is 31.1. The summed E-state index contributed by atoms with van der Waals surface area (Å²) in [6.07, 6.45) is 0. The number of hydrogen-bond donors (Lipinski definition) is 0. The van der Waals surface area contributed by atoms with Crippen molar-refractivity contribution in [3.05, 3.63) is 192 Å². The molecule has 0 unspecified atom stereocenters. The molecule has 2 aliphatic carbocycles. The summed E-state index contributed by atoms with van der Waals surface area (Å²) in [5, 5.41) is 5.11. The zero-order chi connectivity index (χ0) is 36.3. The van der Waals surface area contributed by atoms with E-state index in [1.165, 1.54) is 94.1 Å². The van der Waals surface area contributed by atoms with Crippen LogP contribution in [0.2, 0.25) is 0 Å². The van der Waals surface area contributed by atoms with Crippen LogP contribution in [0.15, 0.2) is 170 Å². The molecule has 54 heavy (non-hydrogen) atoms. The summed E-state index contributed by atoms with van der Waals surface area (Å²) in [6.45, 7) is 9.52. The van der Waals surface area contributed by atoms with E-state index < -0.39 is 0 Å². The highest BCUT2D eigenvalue weighted by Crippen LogP contribution is 2.53. The van der Waals surface area contributed by atoms with Gasteiger partial charge in [-0.15, -0.1) is 0 Å². The third kappa shape index (κ3) is 4.23. The fourth-order valence-corrected chi connectivity index (χ4v) is 9.85.